The van der Waals surface area contributed by atoms with Crippen molar-refractivity contribution in [1.29, 1.82) is 0 Å². The Morgan fingerprint density at radius 2 is 1.91 bits per heavy atom. The summed E-state index contributed by atoms with van der Waals surface area (Å²) in [5.74, 6) is 2.31. The van der Waals surface area contributed by atoms with Crippen molar-refractivity contribution in [2.45, 2.75) is 57.5 Å². The molecule has 0 spiro atoms. The molecule has 0 bridgehead atoms. The van der Waals surface area contributed by atoms with Gasteiger partial charge in [-0.25, -0.2) is 0 Å². The molecular formula is C28H41N3O4. The number of rotatable bonds is 14. The monoisotopic (exact) mass is 483 g/mol. The third kappa shape index (κ3) is 6.19. The lowest BCUT2D eigenvalue weighted by atomic mass is 10.1. The molecule has 0 radical (unpaired) electrons. The molecule has 1 aliphatic heterocycles. The van der Waals surface area contributed by atoms with Crippen molar-refractivity contribution in [1.82, 2.24) is 9.88 Å². The molecule has 7 nitrogen and oxygen atoms in total. The Kier molecular flexibility index (Phi) is 8.27. The van der Waals surface area contributed by atoms with E-state index in [0.29, 0.717) is 19.8 Å². The molecule has 2 heterocycles. The first-order chi connectivity index (χ1) is 17.2. The summed E-state index contributed by atoms with van der Waals surface area (Å²) < 4.78 is 23.6. The van der Waals surface area contributed by atoms with Gasteiger partial charge in [-0.2, -0.15) is 0 Å². The van der Waals surface area contributed by atoms with Crippen LogP contribution in [0.3, 0.4) is 0 Å². The largest absolute Gasteiger partial charge is 0.493 e. The minimum Gasteiger partial charge on any atom is -0.493 e. The van der Waals surface area contributed by atoms with Gasteiger partial charge in [0.2, 0.25) is 0 Å². The SMILES string of the molecule is COCCCOC(COc1cc2nc3c(c(NCC4CC4)c2cc1OC)CCC3)CN1CCCC1. The molecule has 1 saturated carbocycles. The van der Waals surface area contributed by atoms with E-state index in [1.165, 1.54) is 49.0 Å². The molecule has 35 heavy (non-hydrogen) atoms. The van der Waals surface area contributed by atoms with Gasteiger partial charge >= 0.3 is 0 Å². The van der Waals surface area contributed by atoms with Crippen molar-refractivity contribution < 1.29 is 18.9 Å². The second kappa shape index (κ2) is 11.8. The molecule has 192 valence electrons. The average Bonchev–Trinajstić information content (AvgIpc) is 3.33. The van der Waals surface area contributed by atoms with Crippen molar-refractivity contribution in [2.24, 2.45) is 5.92 Å². The maximum atomic E-state index is 6.36. The predicted octanol–water partition coefficient (Wildman–Crippen LogP) is 4.45. The third-order valence-corrected chi connectivity index (χ3v) is 7.49. The fourth-order valence-corrected chi connectivity index (χ4v) is 5.36. The van der Waals surface area contributed by atoms with Crippen LogP contribution in [0.25, 0.3) is 10.9 Å². The first-order valence-corrected chi connectivity index (χ1v) is 13.5. The average molecular weight is 484 g/mol. The minimum absolute atomic E-state index is 0.00843. The molecule has 1 aromatic carbocycles. The van der Waals surface area contributed by atoms with Crippen molar-refractivity contribution >= 4 is 16.6 Å². The molecule has 7 heteroatoms. The van der Waals surface area contributed by atoms with Crippen molar-refractivity contribution in [2.75, 3.05) is 65.5 Å². The maximum absolute atomic E-state index is 6.36. The second-order valence-corrected chi connectivity index (χ2v) is 10.3. The van der Waals surface area contributed by atoms with Crippen LogP contribution in [0.5, 0.6) is 11.5 Å². The van der Waals surface area contributed by atoms with Gasteiger partial charge in [-0.1, -0.05) is 0 Å². The quantitative estimate of drug-likeness (QED) is 0.398. The highest BCUT2D eigenvalue weighted by molar-refractivity contribution is 5.96. The number of methoxy groups -OCH3 is 2. The number of nitrogens with one attached hydrogen (secondary N) is 1. The van der Waals surface area contributed by atoms with E-state index in [1.807, 2.05) is 0 Å². The van der Waals surface area contributed by atoms with Gasteiger partial charge in [0.25, 0.3) is 0 Å². The van der Waals surface area contributed by atoms with Crippen LogP contribution in [-0.2, 0) is 22.3 Å². The molecule has 3 aliphatic rings. The van der Waals surface area contributed by atoms with Crippen LogP contribution < -0.4 is 14.8 Å². The third-order valence-electron chi connectivity index (χ3n) is 7.49. The van der Waals surface area contributed by atoms with Crippen LogP contribution in [0.15, 0.2) is 12.1 Å². The Morgan fingerprint density at radius 3 is 2.69 bits per heavy atom. The fourth-order valence-electron chi connectivity index (χ4n) is 5.36. The Hall–Kier alpha value is -2.09. The van der Waals surface area contributed by atoms with Crippen LogP contribution in [-0.4, -0.2) is 76.2 Å². The predicted molar refractivity (Wildman–Crippen MR) is 139 cm³/mol. The fraction of sp³-hybridized carbons (Fsp3) is 0.679. The molecule has 1 aromatic heterocycles. The van der Waals surface area contributed by atoms with E-state index in [9.17, 15) is 0 Å². The summed E-state index contributed by atoms with van der Waals surface area (Å²) in [4.78, 5) is 7.52. The van der Waals surface area contributed by atoms with Crippen LogP contribution in [0.4, 0.5) is 5.69 Å². The van der Waals surface area contributed by atoms with E-state index < -0.39 is 0 Å². The maximum Gasteiger partial charge on any atom is 0.163 e. The smallest absolute Gasteiger partial charge is 0.163 e. The Balaban J connectivity index is 1.34. The highest BCUT2D eigenvalue weighted by atomic mass is 16.5. The van der Waals surface area contributed by atoms with E-state index in [-0.39, 0.29) is 6.10 Å². The normalized spacial score (nSPS) is 18.7. The molecule has 0 amide bonds. The molecule has 1 N–H and O–H groups in total. The topological polar surface area (TPSA) is 65.1 Å². The molecule has 1 atom stereocenters. The van der Waals surface area contributed by atoms with E-state index >= 15 is 0 Å². The Bertz CT molecular complexity index is 988. The van der Waals surface area contributed by atoms with Gasteiger partial charge in [0, 0.05) is 56.2 Å². The Labute approximate surface area is 209 Å². The first-order valence-electron chi connectivity index (χ1n) is 13.5. The summed E-state index contributed by atoms with van der Waals surface area (Å²) in [6, 6.07) is 4.17. The van der Waals surface area contributed by atoms with Crippen LogP contribution >= 0.6 is 0 Å². The number of anilines is 1. The number of benzene rings is 1. The molecule has 5 rings (SSSR count). The summed E-state index contributed by atoms with van der Waals surface area (Å²) in [5, 5.41) is 4.91. The summed E-state index contributed by atoms with van der Waals surface area (Å²) in [6.07, 6.45) is 9.44. The Morgan fingerprint density at radius 1 is 1.06 bits per heavy atom. The summed E-state index contributed by atoms with van der Waals surface area (Å²) >= 11 is 0. The van der Waals surface area contributed by atoms with Gasteiger partial charge in [-0.3, -0.25) is 4.98 Å². The second-order valence-electron chi connectivity index (χ2n) is 10.3. The van der Waals surface area contributed by atoms with E-state index in [0.717, 1.165) is 73.8 Å². The number of pyridine rings is 1. The van der Waals surface area contributed by atoms with Crippen molar-refractivity contribution in [3.63, 3.8) is 0 Å². The lowest BCUT2D eigenvalue weighted by Crippen LogP contribution is -2.36. The van der Waals surface area contributed by atoms with Gasteiger partial charge in [-0.15, -0.1) is 0 Å². The highest BCUT2D eigenvalue weighted by Crippen LogP contribution is 2.40. The lowest BCUT2D eigenvalue weighted by molar-refractivity contribution is -0.00547. The number of fused-ring (bicyclic) bond motifs is 2. The van der Waals surface area contributed by atoms with Gasteiger partial charge < -0.3 is 29.2 Å². The zero-order valence-electron chi connectivity index (χ0n) is 21.4. The van der Waals surface area contributed by atoms with E-state index in [4.69, 9.17) is 23.9 Å². The van der Waals surface area contributed by atoms with Crippen molar-refractivity contribution in [3.05, 3.63) is 23.4 Å². The standard InChI is InChI=1S/C28H41N3O4/c1-32-13-6-14-34-21(18-31-11-3-4-12-31)19-35-27-16-25-23(15-26(27)33-2)28(29-17-20-9-10-20)22-7-5-8-24(22)30-25/h15-16,20-21H,3-14,17-19H2,1-2H3,(H,29,30). The highest BCUT2D eigenvalue weighted by Gasteiger charge is 2.25. The number of aromatic nitrogens is 1. The van der Waals surface area contributed by atoms with Gasteiger partial charge in [0.15, 0.2) is 11.5 Å². The van der Waals surface area contributed by atoms with E-state index in [2.05, 4.69) is 22.3 Å². The minimum atomic E-state index is 0.00843. The zero-order chi connectivity index (χ0) is 24.0. The summed E-state index contributed by atoms with van der Waals surface area (Å²) in [5.41, 5.74) is 4.87. The molecule has 2 fully saturated rings. The van der Waals surface area contributed by atoms with Gasteiger partial charge in [0.1, 0.15) is 12.7 Å². The van der Waals surface area contributed by atoms with Crippen LogP contribution in [0.1, 0.15) is 49.8 Å². The zero-order valence-corrected chi connectivity index (χ0v) is 21.4. The number of ether oxygens (including phenoxy) is 4. The van der Waals surface area contributed by atoms with Crippen LogP contribution in [0, 0.1) is 5.92 Å². The number of hydrogen-bond acceptors (Lipinski definition) is 7. The van der Waals surface area contributed by atoms with Crippen LogP contribution in [0.2, 0.25) is 0 Å². The van der Waals surface area contributed by atoms with Gasteiger partial charge in [0.05, 0.1) is 12.6 Å². The number of hydrogen-bond donors (Lipinski definition) is 1. The lowest BCUT2D eigenvalue weighted by Gasteiger charge is -2.24. The molecular weight excluding hydrogens is 442 g/mol. The summed E-state index contributed by atoms with van der Waals surface area (Å²) in [6.45, 7) is 6.10. The van der Waals surface area contributed by atoms with E-state index in [1.54, 1.807) is 14.2 Å². The van der Waals surface area contributed by atoms with Crippen molar-refractivity contribution in [3.8, 4) is 11.5 Å². The molecule has 1 unspecified atom stereocenters. The van der Waals surface area contributed by atoms with Gasteiger partial charge in [-0.05, 0) is 82.0 Å². The number of likely N-dealkylation sites (tertiary alicyclic amines) is 1. The summed E-state index contributed by atoms with van der Waals surface area (Å²) in [7, 11) is 3.45. The number of nitrogens with zero attached hydrogens (tertiary/aromatic N) is 2. The molecule has 1 saturated heterocycles. The molecule has 2 aromatic rings. The number of aryl methyl sites for hydroxylation is 1. The first kappa shape index (κ1) is 24.6. The molecule has 2 aliphatic carbocycles.